The van der Waals surface area contributed by atoms with Crippen LogP contribution in [0.2, 0.25) is 0 Å². The lowest BCUT2D eigenvalue weighted by Gasteiger charge is -2.30. The van der Waals surface area contributed by atoms with Crippen molar-refractivity contribution in [3.05, 3.63) is 0 Å². The lowest BCUT2D eigenvalue weighted by molar-refractivity contribution is -0.139. The van der Waals surface area contributed by atoms with Gasteiger partial charge in [-0.3, -0.25) is 19.3 Å². The number of imide groups is 1. The number of carbonyl (C=O) groups excluding carboxylic acids is 3. The van der Waals surface area contributed by atoms with E-state index in [2.05, 4.69) is 5.32 Å². The second-order valence-electron chi connectivity index (χ2n) is 9.10. The highest BCUT2D eigenvalue weighted by molar-refractivity contribution is 6.01. The number of carbonyl (C=O) groups is 3. The summed E-state index contributed by atoms with van der Waals surface area (Å²) in [5.41, 5.74) is 0. The predicted octanol–water partition coefficient (Wildman–Crippen LogP) is 3.03. The van der Waals surface area contributed by atoms with Crippen LogP contribution in [0, 0.1) is 23.7 Å². The van der Waals surface area contributed by atoms with Gasteiger partial charge in [-0.2, -0.15) is 0 Å². The Morgan fingerprint density at radius 3 is 2.04 bits per heavy atom. The minimum absolute atomic E-state index is 0.0161. The van der Waals surface area contributed by atoms with Crippen LogP contribution in [0.5, 0.6) is 0 Å². The van der Waals surface area contributed by atoms with Crippen molar-refractivity contribution >= 4 is 17.7 Å². The highest BCUT2D eigenvalue weighted by atomic mass is 16.2. The zero-order valence-electron chi connectivity index (χ0n) is 15.8. The first kappa shape index (κ1) is 18.0. The van der Waals surface area contributed by atoms with E-state index in [9.17, 15) is 14.4 Å². The molecular formula is C21H32N2O3. The third kappa shape index (κ3) is 3.81. The van der Waals surface area contributed by atoms with Crippen molar-refractivity contribution < 1.29 is 14.4 Å². The van der Waals surface area contributed by atoms with Crippen LogP contribution >= 0.6 is 0 Å². The molecule has 0 spiro atoms. The molecule has 26 heavy (non-hydrogen) atoms. The van der Waals surface area contributed by atoms with Crippen LogP contribution in [0.1, 0.15) is 77.0 Å². The molecule has 0 aromatic rings. The van der Waals surface area contributed by atoms with Gasteiger partial charge in [0.1, 0.15) is 0 Å². The van der Waals surface area contributed by atoms with E-state index in [0.29, 0.717) is 31.3 Å². The van der Waals surface area contributed by atoms with E-state index in [-0.39, 0.29) is 23.6 Å². The minimum Gasteiger partial charge on any atom is -0.353 e. The van der Waals surface area contributed by atoms with Gasteiger partial charge in [-0.05, 0) is 56.3 Å². The van der Waals surface area contributed by atoms with Crippen LogP contribution in [-0.2, 0) is 14.4 Å². The second kappa shape index (κ2) is 7.69. The highest BCUT2D eigenvalue weighted by Gasteiger charge is 2.38. The van der Waals surface area contributed by atoms with Gasteiger partial charge in [-0.1, -0.05) is 25.7 Å². The molecule has 5 nitrogen and oxygen atoms in total. The molecule has 2 atom stereocenters. The molecule has 144 valence electrons. The number of hydrogen-bond donors (Lipinski definition) is 1. The number of fused-ring (bicyclic) bond motifs is 1. The summed E-state index contributed by atoms with van der Waals surface area (Å²) in [5, 5.41) is 3.35. The first-order valence-electron chi connectivity index (χ1n) is 10.7. The molecule has 0 radical (unpaired) electrons. The van der Waals surface area contributed by atoms with Crippen molar-refractivity contribution in [1.82, 2.24) is 10.2 Å². The molecule has 4 fully saturated rings. The van der Waals surface area contributed by atoms with E-state index < -0.39 is 0 Å². The molecule has 4 aliphatic rings. The van der Waals surface area contributed by atoms with E-state index in [1.807, 2.05) is 0 Å². The fourth-order valence-electron chi connectivity index (χ4n) is 5.86. The van der Waals surface area contributed by atoms with Gasteiger partial charge in [-0.15, -0.1) is 0 Å². The van der Waals surface area contributed by atoms with Crippen molar-refractivity contribution in [2.75, 3.05) is 6.54 Å². The molecule has 0 aromatic carbocycles. The van der Waals surface area contributed by atoms with E-state index in [4.69, 9.17) is 0 Å². The maximum Gasteiger partial charge on any atom is 0.229 e. The van der Waals surface area contributed by atoms with Gasteiger partial charge in [0.15, 0.2) is 0 Å². The Morgan fingerprint density at radius 1 is 0.885 bits per heavy atom. The lowest BCUT2D eigenvalue weighted by Crippen LogP contribution is -2.40. The first-order chi connectivity index (χ1) is 12.6. The topological polar surface area (TPSA) is 66.5 Å². The van der Waals surface area contributed by atoms with Crippen LogP contribution in [-0.4, -0.2) is 35.2 Å². The van der Waals surface area contributed by atoms with Gasteiger partial charge >= 0.3 is 0 Å². The van der Waals surface area contributed by atoms with Gasteiger partial charge in [-0.25, -0.2) is 0 Å². The number of hydrogen-bond acceptors (Lipinski definition) is 3. The number of nitrogens with zero attached hydrogens (tertiary/aromatic N) is 1. The molecule has 4 rings (SSSR count). The molecule has 3 aliphatic carbocycles. The van der Waals surface area contributed by atoms with E-state index in [1.54, 1.807) is 0 Å². The van der Waals surface area contributed by atoms with Crippen molar-refractivity contribution in [3.63, 3.8) is 0 Å². The molecule has 5 heteroatoms. The Labute approximate surface area is 156 Å². The number of likely N-dealkylation sites (tertiary alicyclic amines) is 1. The molecule has 0 bridgehead atoms. The molecule has 1 aliphatic heterocycles. The van der Waals surface area contributed by atoms with Crippen molar-refractivity contribution in [2.45, 2.75) is 83.1 Å². The maximum atomic E-state index is 12.7. The first-order valence-corrected chi connectivity index (χ1v) is 10.7. The molecular weight excluding hydrogens is 328 g/mol. The largest absolute Gasteiger partial charge is 0.353 e. The molecule has 1 heterocycles. The van der Waals surface area contributed by atoms with Gasteiger partial charge in [0.05, 0.1) is 0 Å². The zero-order chi connectivity index (χ0) is 18.1. The summed E-state index contributed by atoms with van der Waals surface area (Å²) in [5.74, 6) is 2.41. The van der Waals surface area contributed by atoms with Crippen molar-refractivity contribution in [3.8, 4) is 0 Å². The molecule has 0 aromatic heterocycles. The smallest absolute Gasteiger partial charge is 0.229 e. The zero-order valence-corrected chi connectivity index (χ0v) is 15.8. The number of amides is 3. The fraction of sp³-hybridized carbons (Fsp3) is 0.857. The Bertz CT molecular complexity index is 538. The number of rotatable bonds is 4. The fourth-order valence-corrected chi connectivity index (χ4v) is 5.86. The average molecular weight is 360 g/mol. The van der Waals surface area contributed by atoms with Crippen LogP contribution in [0.3, 0.4) is 0 Å². The summed E-state index contributed by atoms with van der Waals surface area (Å²) in [4.78, 5) is 37.7. The van der Waals surface area contributed by atoms with Crippen molar-refractivity contribution in [2.24, 2.45) is 23.7 Å². The lowest BCUT2D eigenvalue weighted by atomic mass is 9.81. The third-order valence-corrected chi connectivity index (χ3v) is 7.40. The van der Waals surface area contributed by atoms with Crippen LogP contribution in [0.25, 0.3) is 0 Å². The van der Waals surface area contributed by atoms with Gasteiger partial charge in [0.2, 0.25) is 17.7 Å². The Kier molecular flexibility index (Phi) is 5.32. The monoisotopic (exact) mass is 360 g/mol. The van der Waals surface area contributed by atoms with Crippen LogP contribution in [0.15, 0.2) is 0 Å². The van der Waals surface area contributed by atoms with Gasteiger partial charge in [0, 0.05) is 31.3 Å². The van der Waals surface area contributed by atoms with Crippen molar-refractivity contribution in [1.29, 1.82) is 0 Å². The molecule has 1 N–H and O–H groups in total. The summed E-state index contributed by atoms with van der Waals surface area (Å²) in [6.45, 7) is 0.567. The standard InChI is InChI=1S/C21H32N2O3/c24-19-9-10-20(25)23(19)13-14-5-7-15(8-6-14)21(26)22-18-11-16-3-1-2-4-17(16)12-18/h14-18H,1-13H2,(H,22,26). The molecule has 1 saturated heterocycles. The van der Waals surface area contributed by atoms with E-state index in [1.165, 1.54) is 43.4 Å². The number of nitrogens with one attached hydrogen (secondary N) is 1. The van der Waals surface area contributed by atoms with E-state index in [0.717, 1.165) is 37.5 Å². The summed E-state index contributed by atoms with van der Waals surface area (Å²) in [6.07, 6.45) is 12.3. The quantitative estimate of drug-likeness (QED) is 0.784. The summed E-state index contributed by atoms with van der Waals surface area (Å²) in [6, 6.07) is 0.396. The summed E-state index contributed by atoms with van der Waals surface area (Å²) < 4.78 is 0. The Morgan fingerprint density at radius 2 is 1.46 bits per heavy atom. The molecule has 3 amide bonds. The Balaban J connectivity index is 1.21. The summed E-state index contributed by atoms with van der Waals surface area (Å²) in [7, 11) is 0. The minimum atomic E-state index is -0.0161. The van der Waals surface area contributed by atoms with Crippen LogP contribution in [0.4, 0.5) is 0 Å². The highest BCUT2D eigenvalue weighted by Crippen LogP contribution is 2.42. The average Bonchev–Trinajstić information content (AvgIpc) is 3.19. The Hall–Kier alpha value is -1.39. The summed E-state index contributed by atoms with van der Waals surface area (Å²) >= 11 is 0. The van der Waals surface area contributed by atoms with E-state index >= 15 is 0 Å². The van der Waals surface area contributed by atoms with Gasteiger partial charge < -0.3 is 5.32 Å². The third-order valence-electron chi connectivity index (χ3n) is 7.40. The normalized spacial score (nSPS) is 37.7. The molecule has 3 saturated carbocycles. The second-order valence-corrected chi connectivity index (χ2v) is 9.10. The van der Waals surface area contributed by atoms with Crippen LogP contribution < -0.4 is 5.32 Å². The SMILES string of the molecule is O=C(NC1CC2CCCCC2C1)C1CCC(CN2C(=O)CCC2=O)CC1. The van der Waals surface area contributed by atoms with Gasteiger partial charge in [0.25, 0.3) is 0 Å². The molecule has 2 unspecified atom stereocenters. The maximum absolute atomic E-state index is 12.7. The predicted molar refractivity (Wildman–Crippen MR) is 98.0 cm³/mol.